The molecular weight excluding hydrogens is 411 g/mol. The fourth-order valence-electron chi connectivity index (χ4n) is 3.52. The minimum Gasteiger partial charge on any atom is -0.394 e. The van der Waals surface area contributed by atoms with Crippen LogP contribution in [0.3, 0.4) is 0 Å². The maximum absolute atomic E-state index is 14.3. The summed E-state index contributed by atoms with van der Waals surface area (Å²) >= 11 is 0. The Balaban J connectivity index is 2.28. The minimum atomic E-state index is -1.07. The molecule has 0 fully saturated rings. The number of hydrogen-bond donors (Lipinski definition) is 2. The van der Waals surface area contributed by atoms with Gasteiger partial charge in [0.05, 0.1) is 36.3 Å². The third-order valence-electron chi connectivity index (χ3n) is 5.18. The van der Waals surface area contributed by atoms with Gasteiger partial charge in [-0.05, 0) is 12.5 Å². The van der Waals surface area contributed by atoms with Gasteiger partial charge in [0.25, 0.3) is 0 Å². The zero-order chi connectivity index (χ0) is 23.2. The molecule has 0 aliphatic rings. The molecule has 1 atom stereocenters. The van der Waals surface area contributed by atoms with Crippen LogP contribution in [0.5, 0.6) is 0 Å². The first-order valence-corrected chi connectivity index (χ1v) is 10.0. The third kappa shape index (κ3) is 6.20. The summed E-state index contributed by atoms with van der Waals surface area (Å²) in [7, 11) is 3.15. The van der Waals surface area contributed by atoms with Crippen molar-refractivity contribution in [3.8, 4) is 0 Å². The van der Waals surface area contributed by atoms with Crippen LogP contribution < -0.4 is 0 Å². The van der Waals surface area contributed by atoms with E-state index < -0.39 is 34.6 Å². The van der Waals surface area contributed by atoms with Gasteiger partial charge in [-0.2, -0.15) is 4.39 Å². The summed E-state index contributed by atoms with van der Waals surface area (Å²) < 4.78 is 32.1. The fourth-order valence-corrected chi connectivity index (χ4v) is 3.52. The van der Waals surface area contributed by atoms with Crippen LogP contribution >= 0.6 is 0 Å². The van der Waals surface area contributed by atoms with Crippen molar-refractivity contribution in [1.29, 1.82) is 0 Å². The monoisotopic (exact) mass is 442 g/mol. The lowest BCUT2D eigenvalue weighted by atomic mass is 9.90. The molecule has 2 N–H and O–H groups in total. The highest BCUT2D eigenvalue weighted by atomic mass is 19.1. The van der Waals surface area contributed by atoms with Crippen LogP contribution in [-0.2, 0) is 26.2 Å². The standard InChI is InChI=1S/C21H31FN2O7/c1-21(2,13-31-7-5-6-20(29-3)30-4)19-9-14-8-18(24(27)28)16(22)10-17(14)23(19)11-15(26)12-25/h8-10,15,20,25-26H,5-7,11-13H2,1-4H3. The summed E-state index contributed by atoms with van der Waals surface area (Å²) in [5, 5.41) is 30.9. The first-order chi connectivity index (χ1) is 14.6. The molecule has 0 saturated heterocycles. The molecule has 9 nitrogen and oxygen atoms in total. The number of benzene rings is 1. The zero-order valence-corrected chi connectivity index (χ0v) is 18.3. The summed E-state index contributed by atoms with van der Waals surface area (Å²) in [4.78, 5) is 10.4. The predicted octanol–water partition coefficient (Wildman–Crippen LogP) is 2.74. The molecule has 1 aromatic heterocycles. The Morgan fingerprint density at radius 1 is 1.26 bits per heavy atom. The van der Waals surface area contributed by atoms with Gasteiger partial charge in [-0.1, -0.05) is 13.8 Å². The van der Waals surface area contributed by atoms with Crippen molar-refractivity contribution in [2.45, 2.75) is 51.0 Å². The maximum atomic E-state index is 14.3. The number of nitro benzene ring substituents is 1. The molecule has 0 radical (unpaired) electrons. The van der Waals surface area contributed by atoms with E-state index in [2.05, 4.69) is 0 Å². The summed E-state index contributed by atoms with van der Waals surface area (Å²) in [6.07, 6.45) is 0.0555. The number of nitrogens with zero attached hydrogens (tertiary/aromatic N) is 2. The smallest absolute Gasteiger partial charge is 0.305 e. The van der Waals surface area contributed by atoms with E-state index in [0.717, 1.165) is 12.5 Å². The number of hydrogen-bond acceptors (Lipinski definition) is 7. The number of aliphatic hydroxyl groups excluding tert-OH is 2. The van der Waals surface area contributed by atoms with Crippen molar-refractivity contribution in [2.75, 3.05) is 34.0 Å². The zero-order valence-electron chi connectivity index (χ0n) is 18.3. The van der Waals surface area contributed by atoms with Gasteiger partial charge >= 0.3 is 5.69 Å². The van der Waals surface area contributed by atoms with E-state index >= 15 is 0 Å². The third-order valence-corrected chi connectivity index (χ3v) is 5.18. The predicted molar refractivity (Wildman–Crippen MR) is 113 cm³/mol. The Hall–Kier alpha value is -2.11. The van der Waals surface area contributed by atoms with Gasteiger partial charge in [0.15, 0.2) is 6.29 Å². The Kier molecular flexibility index (Phi) is 8.90. The molecule has 10 heteroatoms. The van der Waals surface area contributed by atoms with Gasteiger partial charge in [0, 0.05) is 55.9 Å². The highest BCUT2D eigenvalue weighted by Gasteiger charge is 2.29. The van der Waals surface area contributed by atoms with E-state index in [9.17, 15) is 24.7 Å². The molecule has 2 aromatic rings. The highest BCUT2D eigenvalue weighted by molar-refractivity contribution is 5.84. The van der Waals surface area contributed by atoms with E-state index in [1.807, 2.05) is 13.8 Å². The van der Waals surface area contributed by atoms with Gasteiger partial charge in [0.1, 0.15) is 0 Å². The maximum Gasteiger partial charge on any atom is 0.305 e. The molecule has 0 bridgehead atoms. The Morgan fingerprint density at radius 3 is 2.52 bits per heavy atom. The number of aromatic nitrogens is 1. The second-order valence-electron chi connectivity index (χ2n) is 8.08. The number of nitro groups is 1. The van der Waals surface area contributed by atoms with Crippen LogP contribution in [0, 0.1) is 15.9 Å². The van der Waals surface area contributed by atoms with E-state index in [1.54, 1.807) is 24.9 Å². The Labute approximate surface area is 180 Å². The largest absolute Gasteiger partial charge is 0.394 e. The highest BCUT2D eigenvalue weighted by Crippen LogP contribution is 2.33. The number of fused-ring (bicyclic) bond motifs is 1. The van der Waals surface area contributed by atoms with Gasteiger partial charge in [-0.25, -0.2) is 0 Å². The summed E-state index contributed by atoms with van der Waals surface area (Å²) in [5.74, 6) is -0.957. The van der Waals surface area contributed by atoms with Gasteiger partial charge in [-0.15, -0.1) is 0 Å². The average Bonchev–Trinajstić information content (AvgIpc) is 3.07. The van der Waals surface area contributed by atoms with Crippen LogP contribution in [0.1, 0.15) is 32.4 Å². The van der Waals surface area contributed by atoms with Crippen molar-refractivity contribution in [3.63, 3.8) is 0 Å². The van der Waals surface area contributed by atoms with Crippen molar-refractivity contribution in [1.82, 2.24) is 4.57 Å². The molecule has 0 amide bonds. The molecule has 174 valence electrons. The Bertz CT molecular complexity index is 880. The summed E-state index contributed by atoms with van der Waals surface area (Å²) in [5.41, 5.74) is -0.0523. The molecular formula is C21H31FN2O7. The molecule has 1 aromatic carbocycles. The van der Waals surface area contributed by atoms with Crippen LogP contribution in [-0.4, -0.2) is 66.1 Å². The number of rotatable bonds is 13. The summed E-state index contributed by atoms with van der Waals surface area (Å²) in [6, 6.07) is 4.01. The van der Waals surface area contributed by atoms with E-state index in [0.29, 0.717) is 36.2 Å². The number of aliphatic hydroxyl groups is 2. The fraction of sp³-hybridized carbons (Fsp3) is 0.619. The molecule has 0 spiro atoms. The number of methoxy groups -OCH3 is 2. The normalized spacial score (nSPS) is 13.3. The first kappa shape index (κ1) is 25.2. The van der Waals surface area contributed by atoms with Crippen molar-refractivity contribution in [2.24, 2.45) is 0 Å². The molecule has 1 unspecified atom stereocenters. The van der Waals surface area contributed by atoms with Crippen LogP contribution in [0.15, 0.2) is 18.2 Å². The molecule has 31 heavy (non-hydrogen) atoms. The van der Waals surface area contributed by atoms with Crippen LogP contribution in [0.2, 0.25) is 0 Å². The quantitative estimate of drug-likeness (QED) is 0.212. The van der Waals surface area contributed by atoms with Gasteiger partial charge < -0.3 is 29.0 Å². The van der Waals surface area contributed by atoms with Gasteiger partial charge in [-0.3, -0.25) is 10.1 Å². The lowest BCUT2D eigenvalue weighted by Gasteiger charge is -2.28. The topological polar surface area (TPSA) is 116 Å². The average molecular weight is 442 g/mol. The minimum absolute atomic E-state index is 0.0133. The molecule has 2 rings (SSSR count). The van der Waals surface area contributed by atoms with Gasteiger partial charge in [0.2, 0.25) is 5.82 Å². The van der Waals surface area contributed by atoms with Crippen molar-refractivity contribution < 1.29 is 33.7 Å². The Morgan fingerprint density at radius 2 is 1.94 bits per heavy atom. The molecule has 1 heterocycles. The number of halogens is 1. The molecule has 0 aliphatic carbocycles. The number of ether oxygens (including phenoxy) is 3. The molecule has 0 aliphatic heterocycles. The van der Waals surface area contributed by atoms with Crippen molar-refractivity contribution >= 4 is 16.6 Å². The second kappa shape index (κ2) is 11.0. The molecule has 0 saturated carbocycles. The van der Waals surface area contributed by atoms with E-state index in [-0.39, 0.29) is 12.8 Å². The summed E-state index contributed by atoms with van der Waals surface area (Å²) in [6.45, 7) is 4.22. The second-order valence-corrected chi connectivity index (χ2v) is 8.08. The lowest BCUT2D eigenvalue weighted by molar-refractivity contribution is -0.387. The van der Waals surface area contributed by atoms with Crippen LogP contribution in [0.4, 0.5) is 10.1 Å². The van der Waals surface area contributed by atoms with E-state index in [4.69, 9.17) is 14.2 Å². The lowest BCUT2D eigenvalue weighted by Crippen LogP contribution is -2.30. The van der Waals surface area contributed by atoms with E-state index in [1.165, 1.54) is 6.07 Å². The van der Waals surface area contributed by atoms with Crippen LogP contribution in [0.25, 0.3) is 10.9 Å². The van der Waals surface area contributed by atoms with Crippen molar-refractivity contribution in [3.05, 3.63) is 39.8 Å². The SMILES string of the molecule is COC(CCCOCC(C)(C)c1cc2cc([N+](=O)[O-])c(F)cc2n1CC(O)CO)OC. The first-order valence-electron chi connectivity index (χ1n) is 10.0.